The first-order valence-electron chi connectivity index (χ1n) is 4.17. The van der Waals surface area contributed by atoms with E-state index in [4.69, 9.17) is 10.5 Å². The molecule has 1 aromatic carbocycles. The molecule has 0 unspecified atom stereocenters. The fraction of sp³-hybridized carbons (Fsp3) is 0.125. The van der Waals surface area contributed by atoms with Gasteiger partial charge in [-0.05, 0) is 24.4 Å². The van der Waals surface area contributed by atoms with Crippen LogP contribution in [0.5, 0.6) is 5.75 Å². The van der Waals surface area contributed by atoms with E-state index < -0.39 is 10.0 Å². The molecule has 0 fully saturated rings. The maximum absolute atomic E-state index is 11.7. The first kappa shape index (κ1) is 12.7. The molecule has 0 amide bonds. The highest BCUT2D eigenvalue weighted by Crippen LogP contribution is 2.16. The average Bonchev–Trinajstić information content (AvgIpc) is 2.27. The Morgan fingerprint density at radius 3 is 2.75 bits per heavy atom. The molecular formula is C8H11N3O3S2. The summed E-state index contributed by atoms with van der Waals surface area (Å²) in [7, 11) is -2.25. The van der Waals surface area contributed by atoms with Gasteiger partial charge in [0.1, 0.15) is 5.75 Å². The number of ether oxygens (including phenoxy) is 1. The second-order valence-corrected chi connectivity index (χ2v) is 4.90. The van der Waals surface area contributed by atoms with Crippen LogP contribution < -0.4 is 20.7 Å². The smallest absolute Gasteiger partial charge is 0.257 e. The average molecular weight is 261 g/mol. The van der Waals surface area contributed by atoms with Gasteiger partial charge >= 0.3 is 0 Å². The van der Waals surface area contributed by atoms with Gasteiger partial charge in [-0.1, -0.05) is 6.07 Å². The molecular weight excluding hydrogens is 250 g/mol. The zero-order chi connectivity index (χ0) is 12.2. The lowest BCUT2D eigenvalue weighted by molar-refractivity contribution is 0.413. The highest BCUT2D eigenvalue weighted by molar-refractivity contribution is 7.89. The number of sulfonamides is 1. The molecule has 0 atom stereocenters. The predicted octanol–water partition coefficient (Wildman–Crippen LogP) is -0.278. The molecule has 0 radical (unpaired) electrons. The first-order valence-corrected chi connectivity index (χ1v) is 6.06. The van der Waals surface area contributed by atoms with Crippen LogP contribution in [0, 0.1) is 0 Å². The Morgan fingerprint density at radius 1 is 1.50 bits per heavy atom. The molecule has 1 rings (SSSR count). The third-order valence-corrected chi connectivity index (χ3v) is 3.01. The number of nitrogens with two attached hydrogens (primary N) is 1. The number of hydrogen-bond donors (Lipinski definition) is 3. The summed E-state index contributed by atoms with van der Waals surface area (Å²) in [6.07, 6.45) is 0. The van der Waals surface area contributed by atoms with E-state index in [0.29, 0.717) is 5.75 Å². The van der Waals surface area contributed by atoms with Crippen molar-refractivity contribution in [1.82, 2.24) is 10.3 Å². The number of benzene rings is 1. The van der Waals surface area contributed by atoms with Crippen LogP contribution in [-0.4, -0.2) is 20.6 Å². The molecule has 0 aliphatic rings. The summed E-state index contributed by atoms with van der Waals surface area (Å²) in [5.74, 6) is 0.443. The minimum Gasteiger partial charge on any atom is -0.497 e. The zero-order valence-electron chi connectivity index (χ0n) is 8.43. The molecule has 0 saturated carbocycles. The molecule has 4 N–H and O–H groups in total. The lowest BCUT2D eigenvalue weighted by Gasteiger charge is -2.08. The molecule has 0 aromatic heterocycles. The molecule has 8 heteroatoms. The maximum Gasteiger partial charge on any atom is 0.257 e. The summed E-state index contributed by atoms with van der Waals surface area (Å²) in [4.78, 5) is 2.08. The SMILES string of the molecule is COc1cccc(S(=O)(=O)NNC(N)=S)c1. The summed E-state index contributed by atoms with van der Waals surface area (Å²) < 4.78 is 28.2. The largest absolute Gasteiger partial charge is 0.497 e. The van der Waals surface area contributed by atoms with Gasteiger partial charge in [0, 0.05) is 6.07 Å². The topological polar surface area (TPSA) is 93.5 Å². The van der Waals surface area contributed by atoms with Crippen LogP contribution >= 0.6 is 12.2 Å². The van der Waals surface area contributed by atoms with Gasteiger partial charge in [0.25, 0.3) is 10.0 Å². The van der Waals surface area contributed by atoms with E-state index >= 15 is 0 Å². The minimum absolute atomic E-state index is 0.0515. The van der Waals surface area contributed by atoms with Crippen LogP contribution in [-0.2, 0) is 10.0 Å². The van der Waals surface area contributed by atoms with Crippen molar-refractivity contribution in [3.63, 3.8) is 0 Å². The summed E-state index contributed by atoms with van der Waals surface area (Å²) >= 11 is 4.48. The van der Waals surface area contributed by atoms with Crippen LogP contribution in [0.15, 0.2) is 29.2 Å². The number of hydrazine groups is 1. The van der Waals surface area contributed by atoms with Crippen molar-refractivity contribution < 1.29 is 13.2 Å². The van der Waals surface area contributed by atoms with Gasteiger partial charge in [-0.15, -0.1) is 4.83 Å². The van der Waals surface area contributed by atoms with Gasteiger partial charge in [-0.25, -0.2) is 8.42 Å². The van der Waals surface area contributed by atoms with Crippen LogP contribution in [0.2, 0.25) is 0 Å². The third kappa shape index (κ3) is 3.33. The van der Waals surface area contributed by atoms with Crippen molar-refractivity contribution in [2.24, 2.45) is 5.73 Å². The summed E-state index contributed by atoms with van der Waals surface area (Å²) in [6.45, 7) is 0. The van der Waals surface area contributed by atoms with E-state index in [0.717, 1.165) is 0 Å². The molecule has 0 saturated heterocycles. The maximum atomic E-state index is 11.7. The zero-order valence-corrected chi connectivity index (χ0v) is 10.1. The van der Waals surface area contributed by atoms with Gasteiger partial charge in [-0.3, -0.25) is 5.43 Å². The Balaban J connectivity index is 2.93. The predicted molar refractivity (Wildman–Crippen MR) is 63.2 cm³/mol. The first-order chi connectivity index (χ1) is 7.45. The van der Waals surface area contributed by atoms with E-state index in [-0.39, 0.29) is 10.0 Å². The molecule has 0 aliphatic heterocycles. The van der Waals surface area contributed by atoms with Gasteiger partial charge in [0.2, 0.25) is 0 Å². The van der Waals surface area contributed by atoms with Gasteiger partial charge in [-0.2, -0.15) is 0 Å². The molecule has 16 heavy (non-hydrogen) atoms. The third-order valence-electron chi connectivity index (χ3n) is 1.66. The lowest BCUT2D eigenvalue weighted by Crippen LogP contribution is -2.44. The van der Waals surface area contributed by atoms with E-state index in [1.807, 2.05) is 4.83 Å². The second kappa shape index (κ2) is 5.10. The van der Waals surface area contributed by atoms with Crippen LogP contribution in [0.25, 0.3) is 0 Å². The van der Waals surface area contributed by atoms with Crippen molar-refractivity contribution >= 4 is 27.4 Å². The lowest BCUT2D eigenvalue weighted by atomic mass is 10.3. The Morgan fingerprint density at radius 2 is 2.19 bits per heavy atom. The summed E-state index contributed by atoms with van der Waals surface area (Å²) in [6, 6.07) is 6.00. The van der Waals surface area contributed by atoms with E-state index in [1.165, 1.54) is 19.2 Å². The van der Waals surface area contributed by atoms with Crippen molar-refractivity contribution in [3.05, 3.63) is 24.3 Å². The number of methoxy groups -OCH3 is 1. The fourth-order valence-electron chi connectivity index (χ4n) is 0.945. The van der Waals surface area contributed by atoms with Crippen LogP contribution in [0.4, 0.5) is 0 Å². The number of rotatable bonds is 4. The van der Waals surface area contributed by atoms with Crippen molar-refractivity contribution in [1.29, 1.82) is 0 Å². The van der Waals surface area contributed by atoms with Gasteiger partial charge in [0.05, 0.1) is 12.0 Å². The quantitative estimate of drug-likeness (QED) is 0.510. The summed E-state index contributed by atoms with van der Waals surface area (Å²) in [5.41, 5.74) is 7.25. The van der Waals surface area contributed by atoms with Gasteiger partial charge in [0.15, 0.2) is 5.11 Å². The Labute approximate surface area is 98.8 Å². The monoisotopic (exact) mass is 261 g/mol. The van der Waals surface area contributed by atoms with Crippen molar-refractivity contribution in [2.45, 2.75) is 4.90 Å². The molecule has 88 valence electrons. The van der Waals surface area contributed by atoms with E-state index in [2.05, 4.69) is 17.6 Å². The Hall–Kier alpha value is -1.38. The molecule has 1 aromatic rings. The standard InChI is InChI=1S/C8H11N3O3S2/c1-14-6-3-2-4-7(5-6)16(12,13)11-10-8(9)15/h2-5,11H,1H3,(H3,9,10,15). The van der Waals surface area contributed by atoms with E-state index in [1.54, 1.807) is 12.1 Å². The van der Waals surface area contributed by atoms with Gasteiger partial charge < -0.3 is 10.5 Å². The Kier molecular flexibility index (Phi) is 4.05. The molecule has 0 spiro atoms. The van der Waals surface area contributed by atoms with Crippen LogP contribution in [0.1, 0.15) is 0 Å². The molecule has 0 aliphatic carbocycles. The normalized spacial score (nSPS) is 10.8. The molecule has 0 heterocycles. The number of nitrogens with one attached hydrogen (secondary N) is 2. The van der Waals surface area contributed by atoms with Crippen molar-refractivity contribution in [2.75, 3.05) is 7.11 Å². The highest BCUT2D eigenvalue weighted by atomic mass is 32.2. The van der Waals surface area contributed by atoms with Crippen molar-refractivity contribution in [3.8, 4) is 5.75 Å². The highest BCUT2D eigenvalue weighted by Gasteiger charge is 2.14. The number of thiocarbonyl (C=S) groups is 1. The number of hydrogen-bond acceptors (Lipinski definition) is 4. The summed E-state index contributed by atoms with van der Waals surface area (Å²) in [5, 5.41) is -0.161. The van der Waals surface area contributed by atoms with E-state index in [9.17, 15) is 8.42 Å². The molecule has 6 nitrogen and oxygen atoms in total. The fourth-order valence-corrected chi connectivity index (χ4v) is 1.95. The molecule has 0 bridgehead atoms. The minimum atomic E-state index is -3.70. The Bertz CT molecular complexity index is 487. The van der Waals surface area contributed by atoms with Crippen LogP contribution in [0.3, 0.4) is 0 Å². The second-order valence-electron chi connectivity index (χ2n) is 2.77.